The van der Waals surface area contributed by atoms with Crippen molar-refractivity contribution in [2.45, 2.75) is 32.6 Å². The number of Topliss-reactive ketones (excluding diaryl/α,β-unsaturated/α-hetero) is 1. The topological polar surface area (TPSA) is 69.4 Å². The molecule has 0 atom stereocenters. The molecule has 0 saturated heterocycles. The van der Waals surface area contributed by atoms with Crippen molar-refractivity contribution in [3.8, 4) is 5.75 Å². The summed E-state index contributed by atoms with van der Waals surface area (Å²) in [5.74, 6) is 0.217. The van der Waals surface area contributed by atoms with Crippen LogP contribution in [0.15, 0.2) is 18.2 Å². The number of carbonyl (C=O) groups is 1. The Morgan fingerprint density at radius 2 is 2.17 bits per heavy atom. The van der Waals surface area contributed by atoms with E-state index in [0.29, 0.717) is 12.0 Å². The maximum Gasteiger partial charge on any atom is 0.314 e. The van der Waals surface area contributed by atoms with Crippen molar-refractivity contribution in [1.29, 1.82) is 0 Å². The standard InChI is InChI=1S/C13H17NO4/c1-3-4-7-11(15)9-10-6-5-8-12(18-2)13(10)14(16)17/h5-6,8H,3-4,7,9H2,1-2H3. The van der Waals surface area contributed by atoms with Crippen LogP contribution in [0.5, 0.6) is 5.75 Å². The summed E-state index contributed by atoms with van der Waals surface area (Å²) < 4.78 is 4.96. The summed E-state index contributed by atoms with van der Waals surface area (Å²) in [6.45, 7) is 2.00. The van der Waals surface area contributed by atoms with Gasteiger partial charge in [-0.05, 0) is 12.5 Å². The molecule has 0 aromatic heterocycles. The van der Waals surface area contributed by atoms with Crippen molar-refractivity contribution in [2.75, 3.05) is 7.11 Å². The van der Waals surface area contributed by atoms with Crippen LogP contribution in [0.3, 0.4) is 0 Å². The molecule has 0 fully saturated rings. The zero-order valence-electron chi connectivity index (χ0n) is 10.6. The van der Waals surface area contributed by atoms with E-state index >= 15 is 0 Å². The number of ketones is 1. The predicted octanol–water partition coefficient (Wildman–Crippen LogP) is 2.91. The van der Waals surface area contributed by atoms with Crippen LogP contribution in [0.2, 0.25) is 0 Å². The molecular weight excluding hydrogens is 234 g/mol. The lowest BCUT2D eigenvalue weighted by molar-refractivity contribution is -0.386. The van der Waals surface area contributed by atoms with Crippen molar-refractivity contribution in [3.05, 3.63) is 33.9 Å². The molecule has 0 bridgehead atoms. The molecule has 0 amide bonds. The third-order valence-corrected chi connectivity index (χ3v) is 2.68. The van der Waals surface area contributed by atoms with Crippen LogP contribution >= 0.6 is 0 Å². The van der Waals surface area contributed by atoms with Gasteiger partial charge in [0, 0.05) is 18.4 Å². The zero-order chi connectivity index (χ0) is 13.5. The molecule has 5 heteroatoms. The fourth-order valence-corrected chi connectivity index (χ4v) is 1.76. The van der Waals surface area contributed by atoms with Crippen LogP contribution in [0.4, 0.5) is 5.69 Å². The fourth-order valence-electron chi connectivity index (χ4n) is 1.76. The van der Waals surface area contributed by atoms with Gasteiger partial charge in [-0.25, -0.2) is 0 Å². The summed E-state index contributed by atoms with van der Waals surface area (Å²) in [5.41, 5.74) is 0.310. The Labute approximate surface area is 106 Å². The molecular formula is C13H17NO4. The molecule has 0 unspecified atom stereocenters. The molecule has 0 N–H and O–H groups in total. The molecule has 18 heavy (non-hydrogen) atoms. The van der Waals surface area contributed by atoms with Crippen molar-refractivity contribution in [2.24, 2.45) is 0 Å². The summed E-state index contributed by atoms with van der Waals surface area (Å²) in [6, 6.07) is 4.79. The maximum atomic E-state index is 11.7. The smallest absolute Gasteiger partial charge is 0.314 e. The number of para-hydroxylation sites is 1. The van der Waals surface area contributed by atoms with Gasteiger partial charge in [0.05, 0.1) is 12.0 Å². The van der Waals surface area contributed by atoms with Crippen molar-refractivity contribution < 1.29 is 14.5 Å². The highest BCUT2D eigenvalue weighted by Crippen LogP contribution is 2.31. The third kappa shape index (κ3) is 3.55. The van der Waals surface area contributed by atoms with E-state index < -0.39 is 4.92 Å². The molecule has 1 aromatic carbocycles. The Hall–Kier alpha value is -1.91. The number of ether oxygens (including phenoxy) is 1. The number of hydrogen-bond donors (Lipinski definition) is 0. The second kappa shape index (κ2) is 6.74. The largest absolute Gasteiger partial charge is 0.490 e. The number of nitro groups is 1. The predicted molar refractivity (Wildman–Crippen MR) is 67.9 cm³/mol. The Kier molecular flexibility index (Phi) is 5.30. The van der Waals surface area contributed by atoms with Gasteiger partial charge in [-0.1, -0.05) is 25.5 Å². The van der Waals surface area contributed by atoms with E-state index in [2.05, 4.69) is 0 Å². The lowest BCUT2D eigenvalue weighted by atomic mass is 10.0. The first-order valence-electron chi connectivity index (χ1n) is 5.92. The van der Waals surface area contributed by atoms with E-state index in [-0.39, 0.29) is 23.6 Å². The van der Waals surface area contributed by atoms with Crippen molar-refractivity contribution in [1.82, 2.24) is 0 Å². The average Bonchev–Trinajstić information content (AvgIpc) is 2.35. The summed E-state index contributed by atoms with van der Waals surface area (Å²) >= 11 is 0. The Morgan fingerprint density at radius 3 is 2.72 bits per heavy atom. The highest BCUT2D eigenvalue weighted by atomic mass is 16.6. The van der Waals surface area contributed by atoms with E-state index in [1.165, 1.54) is 13.2 Å². The lowest BCUT2D eigenvalue weighted by Crippen LogP contribution is -2.06. The van der Waals surface area contributed by atoms with Crippen LogP contribution in [0, 0.1) is 10.1 Å². The number of hydrogen-bond acceptors (Lipinski definition) is 4. The van der Waals surface area contributed by atoms with Crippen LogP contribution in [0.1, 0.15) is 31.7 Å². The molecule has 0 radical (unpaired) electrons. The van der Waals surface area contributed by atoms with E-state index in [1.54, 1.807) is 12.1 Å². The first-order valence-corrected chi connectivity index (χ1v) is 5.92. The molecule has 1 rings (SSSR count). The van der Waals surface area contributed by atoms with Gasteiger partial charge >= 0.3 is 5.69 Å². The first kappa shape index (κ1) is 14.2. The highest BCUT2D eigenvalue weighted by molar-refractivity contribution is 5.82. The van der Waals surface area contributed by atoms with Crippen LogP contribution < -0.4 is 4.74 Å². The quantitative estimate of drug-likeness (QED) is 0.552. The normalized spacial score (nSPS) is 10.1. The van der Waals surface area contributed by atoms with E-state index in [9.17, 15) is 14.9 Å². The average molecular weight is 251 g/mol. The summed E-state index contributed by atoms with van der Waals surface area (Å²) in [5, 5.41) is 11.0. The first-order chi connectivity index (χ1) is 8.60. The summed E-state index contributed by atoms with van der Waals surface area (Å²) in [7, 11) is 1.38. The number of unbranched alkanes of at least 4 members (excludes halogenated alkanes) is 1. The zero-order valence-corrected chi connectivity index (χ0v) is 10.6. The van der Waals surface area contributed by atoms with E-state index in [0.717, 1.165) is 12.8 Å². The molecule has 0 spiro atoms. The molecule has 1 aromatic rings. The summed E-state index contributed by atoms with van der Waals surface area (Å²) in [4.78, 5) is 22.2. The van der Waals surface area contributed by atoms with Crippen molar-refractivity contribution >= 4 is 11.5 Å². The SMILES string of the molecule is CCCCC(=O)Cc1cccc(OC)c1[N+](=O)[O-]. The van der Waals surface area contributed by atoms with Gasteiger partial charge in [0.2, 0.25) is 0 Å². The minimum absolute atomic E-state index is 0.0215. The minimum atomic E-state index is -0.499. The second-order valence-corrected chi connectivity index (χ2v) is 4.04. The van der Waals surface area contributed by atoms with Gasteiger partial charge in [-0.15, -0.1) is 0 Å². The summed E-state index contributed by atoms with van der Waals surface area (Å²) in [6.07, 6.45) is 2.31. The van der Waals surface area contributed by atoms with Gasteiger partial charge in [-0.3, -0.25) is 14.9 Å². The van der Waals surface area contributed by atoms with Crippen molar-refractivity contribution in [3.63, 3.8) is 0 Å². The van der Waals surface area contributed by atoms with Crippen LogP contribution in [0.25, 0.3) is 0 Å². The molecule has 5 nitrogen and oxygen atoms in total. The third-order valence-electron chi connectivity index (χ3n) is 2.68. The maximum absolute atomic E-state index is 11.7. The number of nitrogens with zero attached hydrogens (tertiary/aromatic N) is 1. The Morgan fingerprint density at radius 1 is 1.44 bits per heavy atom. The fraction of sp³-hybridized carbons (Fsp3) is 0.462. The number of methoxy groups -OCH3 is 1. The van der Waals surface area contributed by atoms with Crippen LogP contribution in [-0.2, 0) is 11.2 Å². The van der Waals surface area contributed by atoms with E-state index in [1.807, 2.05) is 6.92 Å². The molecule has 0 aliphatic rings. The van der Waals surface area contributed by atoms with Crippen LogP contribution in [-0.4, -0.2) is 17.8 Å². The number of nitro benzene ring substituents is 1. The van der Waals surface area contributed by atoms with Gasteiger partial charge in [0.1, 0.15) is 5.78 Å². The molecule has 98 valence electrons. The molecule has 0 heterocycles. The van der Waals surface area contributed by atoms with Gasteiger partial charge in [0.15, 0.2) is 5.75 Å². The van der Waals surface area contributed by atoms with Gasteiger partial charge in [0.25, 0.3) is 0 Å². The number of carbonyl (C=O) groups excluding carboxylic acids is 1. The Bertz CT molecular complexity index is 443. The van der Waals surface area contributed by atoms with E-state index in [4.69, 9.17) is 4.74 Å². The number of benzene rings is 1. The second-order valence-electron chi connectivity index (χ2n) is 4.04. The number of rotatable bonds is 7. The van der Waals surface area contributed by atoms with Gasteiger partial charge in [-0.2, -0.15) is 0 Å². The van der Waals surface area contributed by atoms with Gasteiger partial charge < -0.3 is 4.74 Å². The minimum Gasteiger partial charge on any atom is -0.490 e. The molecule has 0 aliphatic carbocycles. The molecule has 0 saturated carbocycles. The lowest BCUT2D eigenvalue weighted by Gasteiger charge is -2.06. The highest BCUT2D eigenvalue weighted by Gasteiger charge is 2.21. The Balaban J connectivity index is 2.94. The monoisotopic (exact) mass is 251 g/mol. The molecule has 0 aliphatic heterocycles.